The summed E-state index contributed by atoms with van der Waals surface area (Å²) in [6.45, 7) is 4.26. The second kappa shape index (κ2) is 6.39. The van der Waals surface area contributed by atoms with Crippen molar-refractivity contribution in [2.45, 2.75) is 51.5 Å². The van der Waals surface area contributed by atoms with Crippen LogP contribution in [0.25, 0.3) is 0 Å². The van der Waals surface area contributed by atoms with Gasteiger partial charge in [0.1, 0.15) is 0 Å². The largest absolute Gasteiger partial charge is 0.330 e. The lowest BCUT2D eigenvalue weighted by atomic mass is 10.1. The van der Waals surface area contributed by atoms with E-state index >= 15 is 0 Å². The fourth-order valence-electron chi connectivity index (χ4n) is 2.00. The van der Waals surface area contributed by atoms with Crippen LogP contribution in [0.3, 0.4) is 0 Å². The molecule has 0 aromatic carbocycles. The molecule has 1 rings (SSSR count). The van der Waals surface area contributed by atoms with Gasteiger partial charge in [0.25, 0.3) is 0 Å². The summed E-state index contributed by atoms with van der Waals surface area (Å²) in [6.07, 6.45) is 8.21. The fourth-order valence-corrected chi connectivity index (χ4v) is 2.00. The Balaban J connectivity index is 1.88. The van der Waals surface area contributed by atoms with Crippen LogP contribution in [0, 0.1) is 5.92 Å². The first-order chi connectivity index (χ1) is 6.33. The topological polar surface area (TPSA) is 38.0 Å². The maximum absolute atomic E-state index is 5.56. The van der Waals surface area contributed by atoms with Gasteiger partial charge in [0.05, 0.1) is 0 Å². The molecule has 0 amide bonds. The molecule has 13 heavy (non-hydrogen) atoms. The first-order valence-corrected chi connectivity index (χ1v) is 5.76. The van der Waals surface area contributed by atoms with Crippen molar-refractivity contribution in [3.63, 3.8) is 0 Å². The molecule has 78 valence electrons. The van der Waals surface area contributed by atoms with Gasteiger partial charge in [-0.3, -0.25) is 0 Å². The zero-order valence-corrected chi connectivity index (χ0v) is 8.89. The van der Waals surface area contributed by atoms with Gasteiger partial charge in [-0.05, 0) is 44.7 Å². The minimum atomic E-state index is 0.699. The molecule has 2 heteroatoms. The molecule has 0 heterocycles. The van der Waals surface area contributed by atoms with Crippen LogP contribution in [0.1, 0.15) is 45.4 Å². The molecule has 1 fully saturated rings. The highest BCUT2D eigenvalue weighted by molar-refractivity contribution is 4.73. The van der Waals surface area contributed by atoms with Gasteiger partial charge in [-0.15, -0.1) is 0 Å². The van der Waals surface area contributed by atoms with Crippen LogP contribution in [0.15, 0.2) is 0 Å². The molecule has 0 spiro atoms. The Bertz CT molecular complexity index is 119. The van der Waals surface area contributed by atoms with Crippen LogP contribution in [-0.4, -0.2) is 19.1 Å². The lowest BCUT2D eigenvalue weighted by molar-refractivity contribution is 0.465. The van der Waals surface area contributed by atoms with E-state index in [9.17, 15) is 0 Å². The smallest absolute Gasteiger partial charge is 0.00670 e. The van der Waals surface area contributed by atoms with E-state index < -0.39 is 0 Å². The van der Waals surface area contributed by atoms with Crippen LogP contribution in [-0.2, 0) is 0 Å². The van der Waals surface area contributed by atoms with E-state index in [-0.39, 0.29) is 0 Å². The molecule has 1 unspecified atom stereocenters. The predicted molar refractivity (Wildman–Crippen MR) is 57.7 cm³/mol. The Labute approximate surface area is 82.3 Å². The van der Waals surface area contributed by atoms with Gasteiger partial charge in [-0.2, -0.15) is 0 Å². The lowest BCUT2D eigenvalue weighted by Gasteiger charge is -2.12. The van der Waals surface area contributed by atoms with Gasteiger partial charge < -0.3 is 11.1 Å². The molecule has 0 radical (unpaired) electrons. The van der Waals surface area contributed by atoms with Crippen molar-refractivity contribution in [3.05, 3.63) is 0 Å². The molecular weight excluding hydrogens is 160 g/mol. The molecule has 0 aromatic rings. The first kappa shape index (κ1) is 11.0. The van der Waals surface area contributed by atoms with Crippen LogP contribution in [0.4, 0.5) is 0 Å². The fraction of sp³-hybridized carbons (Fsp3) is 1.00. The van der Waals surface area contributed by atoms with Crippen molar-refractivity contribution in [3.8, 4) is 0 Å². The summed E-state index contributed by atoms with van der Waals surface area (Å²) in [5, 5.41) is 3.62. The van der Waals surface area contributed by atoms with Gasteiger partial charge in [0.2, 0.25) is 0 Å². The van der Waals surface area contributed by atoms with Gasteiger partial charge in [0, 0.05) is 6.04 Å². The van der Waals surface area contributed by atoms with Crippen molar-refractivity contribution in [1.29, 1.82) is 0 Å². The van der Waals surface area contributed by atoms with E-state index in [0.29, 0.717) is 5.92 Å². The zero-order valence-electron chi connectivity index (χ0n) is 8.89. The second-order valence-electron chi connectivity index (χ2n) is 4.42. The molecule has 1 saturated carbocycles. The van der Waals surface area contributed by atoms with Crippen molar-refractivity contribution < 1.29 is 0 Å². The Hall–Kier alpha value is -0.0800. The summed E-state index contributed by atoms with van der Waals surface area (Å²) in [6, 6.07) is 0.827. The molecule has 0 bridgehead atoms. The third-order valence-electron chi connectivity index (χ3n) is 3.06. The normalized spacial score (nSPS) is 20.8. The highest BCUT2D eigenvalue weighted by Crippen LogP contribution is 2.17. The number of hydrogen-bond acceptors (Lipinski definition) is 2. The SMILES string of the molecule is CC(CN)CCCNC1CCCC1. The summed E-state index contributed by atoms with van der Waals surface area (Å²) in [4.78, 5) is 0. The van der Waals surface area contributed by atoms with E-state index in [1.807, 2.05) is 0 Å². The Morgan fingerprint density at radius 3 is 2.69 bits per heavy atom. The van der Waals surface area contributed by atoms with Crippen molar-refractivity contribution in [2.24, 2.45) is 11.7 Å². The summed E-state index contributed by atoms with van der Waals surface area (Å²) >= 11 is 0. The first-order valence-electron chi connectivity index (χ1n) is 5.76. The maximum Gasteiger partial charge on any atom is 0.00670 e. The third kappa shape index (κ3) is 4.63. The standard InChI is InChI=1S/C11H24N2/c1-10(9-12)5-4-8-13-11-6-2-3-7-11/h10-11,13H,2-9,12H2,1H3. The van der Waals surface area contributed by atoms with Crippen LogP contribution in [0.2, 0.25) is 0 Å². The lowest BCUT2D eigenvalue weighted by Crippen LogP contribution is -2.27. The molecule has 1 aliphatic carbocycles. The molecule has 0 aromatic heterocycles. The minimum absolute atomic E-state index is 0.699. The van der Waals surface area contributed by atoms with E-state index in [1.54, 1.807) is 0 Å². The number of hydrogen-bond donors (Lipinski definition) is 2. The van der Waals surface area contributed by atoms with Crippen LogP contribution < -0.4 is 11.1 Å². The number of nitrogens with two attached hydrogens (primary N) is 1. The summed E-state index contributed by atoms with van der Waals surface area (Å²) in [5.74, 6) is 0.699. The second-order valence-corrected chi connectivity index (χ2v) is 4.42. The predicted octanol–water partition coefficient (Wildman–Crippen LogP) is 1.89. The van der Waals surface area contributed by atoms with Gasteiger partial charge in [-0.1, -0.05) is 19.8 Å². The van der Waals surface area contributed by atoms with Crippen molar-refractivity contribution in [1.82, 2.24) is 5.32 Å². The van der Waals surface area contributed by atoms with Crippen LogP contribution in [0.5, 0.6) is 0 Å². The Kier molecular flexibility index (Phi) is 5.40. The van der Waals surface area contributed by atoms with E-state index in [0.717, 1.165) is 12.6 Å². The monoisotopic (exact) mass is 184 g/mol. The Morgan fingerprint density at radius 1 is 1.38 bits per heavy atom. The highest BCUT2D eigenvalue weighted by atomic mass is 14.9. The number of nitrogens with one attached hydrogen (secondary N) is 1. The number of rotatable bonds is 6. The Morgan fingerprint density at radius 2 is 2.08 bits per heavy atom. The summed E-state index contributed by atoms with van der Waals surface area (Å²) in [5.41, 5.74) is 5.56. The molecule has 0 aliphatic heterocycles. The average Bonchev–Trinajstić information content (AvgIpc) is 2.64. The third-order valence-corrected chi connectivity index (χ3v) is 3.06. The van der Waals surface area contributed by atoms with E-state index in [2.05, 4.69) is 12.2 Å². The van der Waals surface area contributed by atoms with Crippen molar-refractivity contribution in [2.75, 3.05) is 13.1 Å². The maximum atomic E-state index is 5.56. The van der Waals surface area contributed by atoms with Crippen molar-refractivity contribution >= 4 is 0 Å². The molecule has 1 aliphatic rings. The summed E-state index contributed by atoms with van der Waals surface area (Å²) in [7, 11) is 0. The van der Waals surface area contributed by atoms with Gasteiger partial charge in [-0.25, -0.2) is 0 Å². The highest BCUT2D eigenvalue weighted by Gasteiger charge is 2.13. The van der Waals surface area contributed by atoms with Crippen LogP contribution >= 0.6 is 0 Å². The quantitative estimate of drug-likeness (QED) is 0.619. The molecular formula is C11H24N2. The van der Waals surface area contributed by atoms with Gasteiger partial charge in [0.15, 0.2) is 0 Å². The molecule has 0 saturated heterocycles. The zero-order chi connectivity index (χ0) is 9.52. The van der Waals surface area contributed by atoms with Gasteiger partial charge >= 0.3 is 0 Å². The van der Waals surface area contributed by atoms with E-state index in [1.165, 1.54) is 45.1 Å². The molecule has 2 nitrogen and oxygen atoms in total. The minimum Gasteiger partial charge on any atom is -0.330 e. The molecule has 1 atom stereocenters. The average molecular weight is 184 g/mol. The van der Waals surface area contributed by atoms with E-state index in [4.69, 9.17) is 5.73 Å². The summed E-state index contributed by atoms with van der Waals surface area (Å²) < 4.78 is 0. The molecule has 3 N–H and O–H groups in total.